The van der Waals surface area contributed by atoms with E-state index in [2.05, 4.69) is 41.8 Å². The lowest BCUT2D eigenvalue weighted by molar-refractivity contribution is -0.111. The lowest BCUT2D eigenvalue weighted by Crippen LogP contribution is -2.51. The Morgan fingerprint density at radius 3 is 3.08 bits per heavy atom. The normalized spacial score (nSPS) is 27.2. The number of morpholine rings is 1. The van der Waals surface area contributed by atoms with Crippen LogP contribution in [0.2, 0.25) is 0 Å². The number of hydrogen-bond donors (Lipinski definition) is 0. The molecule has 1 saturated carbocycles. The minimum absolute atomic E-state index is 0.180. The van der Waals surface area contributed by atoms with Gasteiger partial charge in [-0.1, -0.05) is 30.3 Å². The van der Waals surface area contributed by atoms with Crippen LogP contribution in [0.3, 0.4) is 0 Å². The number of benzene rings is 1. The molecule has 1 saturated heterocycles. The van der Waals surface area contributed by atoms with Crippen molar-refractivity contribution < 1.29 is 9.47 Å². The van der Waals surface area contributed by atoms with Crippen LogP contribution < -0.4 is 0 Å². The first kappa shape index (κ1) is 15.8. The second-order valence-corrected chi connectivity index (χ2v) is 6.61. The maximum Gasteiger partial charge on any atom is 0.0992 e. The highest BCUT2D eigenvalue weighted by Crippen LogP contribution is 2.33. The molecule has 4 nitrogen and oxygen atoms in total. The molecule has 0 N–H and O–H groups in total. The third-order valence-corrected chi connectivity index (χ3v) is 5.10. The van der Waals surface area contributed by atoms with E-state index in [4.69, 9.17) is 14.5 Å². The Hall–Kier alpha value is -1.75. The van der Waals surface area contributed by atoms with Gasteiger partial charge in [-0.25, -0.2) is 0 Å². The Morgan fingerprint density at radius 1 is 1.25 bits per heavy atom. The summed E-state index contributed by atoms with van der Waals surface area (Å²) in [5, 5.41) is 1.19. The minimum Gasteiger partial charge on any atom is -0.373 e. The van der Waals surface area contributed by atoms with Gasteiger partial charge in [0.05, 0.1) is 36.6 Å². The number of para-hydroxylation sites is 1. The lowest BCUT2D eigenvalue weighted by Gasteiger charge is -2.38. The summed E-state index contributed by atoms with van der Waals surface area (Å²) in [5.74, 6) is 0. The van der Waals surface area contributed by atoms with E-state index in [1.54, 1.807) is 0 Å². The molecule has 1 aliphatic carbocycles. The molecule has 0 radical (unpaired) electrons. The zero-order valence-corrected chi connectivity index (χ0v) is 13.9. The fraction of sp³-hybridized carbons (Fsp3) is 0.450. The van der Waals surface area contributed by atoms with Gasteiger partial charge in [-0.15, -0.1) is 6.58 Å². The standard InChI is InChI=1S/C20H24N2O2/c1-2-12-23-19-10-9-18-20(19)24-13-11-22(18)14-16-8-7-15-5-3-4-6-17(15)21-16/h2-8,18-20H,1,9-14H2/t18-,19-,20-/m1/s1. The Bertz CT molecular complexity index is 718. The first-order valence-electron chi connectivity index (χ1n) is 8.78. The highest BCUT2D eigenvalue weighted by molar-refractivity contribution is 5.78. The number of aromatic nitrogens is 1. The van der Waals surface area contributed by atoms with Crippen LogP contribution in [0.5, 0.6) is 0 Å². The molecule has 0 bridgehead atoms. The largest absolute Gasteiger partial charge is 0.373 e. The van der Waals surface area contributed by atoms with E-state index in [0.29, 0.717) is 12.6 Å². The van der Waals surface area contributed by atoms with Crippen molar-refractivity contribution in [1.82, 2.24) is 9.88 Å². The Balaban J connectivity index is 1.48. The fourth-order valence-electron chi connectivity index (χ4n) is 3.96. The van der Waals surface area contributed by atoms with Crippen LogP contribution in [-0.2, 0) is 16.0 Å². The molecule has 2 heterocycles. The molecule has 1 aliphatic heterocycles. The van der Waals surface area contributed by atoms with Crippen molar-refractivity contribution in [3.8, 4) is 0 Å². The molecular formula is C20H24N2O2. The van der Waals surface area contributed by atoms with Crippen molar-refractivity contribution in [3.05, 3.63) is 54.7 Å². The van der Waals surface area contributed by atoms with Crippen molar-refractivity contribution >= 4 is 10.9 Å². The summed E-state index contributed by atoms with van der Waals surface area (Å²) in [6.45, 7) is 6.94. The summed E-state index contributed by atoms with van der Waals surface area (Å²) < 4.78 is 11.9. The number of rotatable bonds is 5. The molecule has 2 fully saturated rings. The van der Waals surface area contributed by atoms with Crippen molar-refractivity contribution in [2.75, 3.05) is 19.8 Å². The molecule has 0 amide bonds. The number of pyridine rings is 1. The van der Waals surface area contributed by atoms with Crippen LogP contribution in [0.25, 0.3) is 10.9 Å². The van der Waals surface area contributed by atoms with Crippen molar-refractivity contribution in [2.24, 2.45) is 0 Å². The van der Waals surface area contributed by atoms with Gasteiger partial charge in [-0.3, -0.25) is 9.88 Å². The predicted octanol–water partition coefficient (Wildman–Crippen LogP) is 3.17. The van der Waals surface area contributed by atoms with Crippen LogP contribution in [0.1, 0.15) is 18.5 Å². The zero-order valence-electron chi connectivity index (χ0n) is 13.9. The Labute approximate surface area is 143 Å². The lowest BCUT2D eigenvalue weighted by atomic mass is 10.1. The molecule has 4 heteroatoms. The van der Waals surface area contributed by atoms with E-state index >= 15 is 0 Å². The van der Waals surface area contributed by atoms with E-state index in [-0.39, 0.29) is 12.2 Å². The average Bonchev–Trinajstić information content (AvgIpc) is 3.04. The number of nitrogens with zero attached hydrogens (tertiary/aromatic N) is 2. The number of hydrogen-bond acceptors (Lipinski definition) is 4. The topological polar surface area (TPSA) is 34.6 Å². The summed E-state index contributed by atoms with van der Waals surface area (Å²) in [5.41, 5.74) is 2.20. The van der Waals surface area contributed by atoms with E-state index in [1.165, 1.54) is 5.39 Å². The van der Waals surface area contributed by atoms with Crippen molar-refractivity contribution in [1.29, 1.82) is 0 Å². The molecule has 24 heavy (non-hydrogen) atoms. The van der Waals surface area contributed by atoms with Gasteiger partial charge in [0.25, 0.3) is 0 Å². The van der Waals surface area contributed by atoms with Crippen LogP contribution in [0.15, 0.2) is 49.1 Å². The molecule has 2 aromatic rings. The van der Waals surface area contributed by atoms with Gasteiger partial charge in [0.2, 0.25) is 0 Å². The van der Waals surface area contributed by atoms with Gasteiger partial charge >= 0.3 is 0 Å². The first-order chi connectivity index (χ1) is 11.8. The maximum atomic E-state index is 6.03. The van der Waals surface area contributed by atoms with E-state index < -0.39 is 0 Å². The molecule has 0 unspecified atom stereocenters. The van der Waals surface area contributed by atoms with E-state index in [1.807, 2.05) is 12.1 Å². The molecular weight excluding hydrogens is 300 g/mol. The SMILES string of the molecule is C=CCO[C@@H]1CC[C@@H]2[C@H]1OCCN2Cc1ccc2ccccc2n1. The molecule has 1 aromatic carbocycles. The fourth-order valence-corrected chi connectivity index (χ4v) is 3.96. The number of ether oxygens (including phenoxy) is 2. The smallest absolute Gasteiger partial charge is 0.0992 e. The summed E-state index contributed by atoms with van der Waals surface area (Å²) >= 11 is 0. The molecule has 0 spiro atoms. The zero-order chi connectivity index (χ0) is 16.4. The van der Waals surface area contributed by atoms with Gasteiger partial charge < -0.3 is 9.47 Å². The quantitative estimate of drug-likeness (QED) is 0.791. The number of fused-ring (bicyclic) bond motifs is 2. The van der Waals surface area contributed by atoms with Gasteiger partial charge in [0.15, 0.2) is 0 Å². The van der Waals surface area contributed by atoms with Gasteiger partial charge in [-0.2, -0.15) is 0 Å². The summed E-state index contributed by atoms with van der Waals surface area (Å²) in [4.78, 5) is 7.34. The summed E-state index contributed by atoms with van der Waals surface area (Å²) in [6, 6.07) is 13.0. The Kier molecular flexibility index (Phi) is 4.60. The van der Waals surface area contributed by atoms with Crippen molar-refractivity contribution in [3.63, 3.8) is 0 Å². The summed E-state index contributed by atoms with van der Waals surface area (Å²) in [7, 11) is 0. The van der Waals surface area contributed by atoms with Gasteiger partial charge in [-0.05, 0) is 25.0 Å². The second kappa shape index (κ2) is 7.01. The first-order valence-corrected chi connectivity index (χ1v) is 8.78. The molecule has 2 aliphatic rings. The Morgan fingerprint density at radius 2 is 2.17 bits per heavy atom. The molecule has 3 atom stereocenters. The van der Waals surface area contributed by atoms with Gasteiger partial charge in [0.1, 0.15) is 0 Å². The van der Waals surface area contributed by atoms with Crippen LogP contribution in [0.4, 0.5) is 0 Å². The van der Waals surface area contributed by atoms with Crippen molar-refractivity contribution in [2.45, 2.75) is 37.6 Å². The maximum absolute atomic E-state index is 6.03. The predicted molar refractivity (Wildman–Crippen MR) is 94.9 cm³/mol. The van der Waals surface area contributed by atoms with E-state index in [0.717, 1.165) is 43.7 Å². The molecule has 1 aromatic heterocycles. The highest BCUT2D eigenvalue weighted by Gasteiger charge is 2.43. The summed E-state index contributed by atoms with van der Waals surface area (Å²) in [6.07, 6.45) is 4.37. The molecule has 126 valence electrons. The van der Waals surface area contributed by atoms with Crippen LogP contribution in [-0.4, -0.2) is 47.9 Å². The van der Waals surface area contributed by atoms with Gasteiger partial charge in [0, 0.05) is 24.5 Å². The van der Waals surface area contributed by atoms with Crippen LogP contribution >= 0.6 is 0 Å². The monoisotopic (exact) mass is 324 g/mol. The average molecular weight is 324 g/mol. The highest BCUT2D eigenvalue weighted by atomic mass is 16.5. The van der Waals surface area contributed by atoms with E-state index in [9.17, 15) is 0 Å². The third kappa shape index (κ3) is 3.09. The molecule has 4 rings (SSSR count). The minimum atomic E-state index is 0.180. The third-order valence-electron chi connectivity index (χ3n) is 5.10. The second-order valence-electron chi connectivity index (χ2n) is 6.61. The van der Waals surface area contributed by atoms with Crippen LogP contribution in [0, 0.1) is 0 Å².